The van der Waals surface area contributed by atoms with Gasteiger partial charge in [0.15, 0.2) is 0 Å². The fraction of sp³-hybridized carbons (Fsp3) is 0.302. The number of ether oxygens (including phenoxy) is 3. The third-order valence-corrected chi connectivity index (χ3v) is 10.5. The van der Waals surface area contributed by atoms with Crippen LogP contribution >= 0.6 is 0 Å². The second-order valence-corrected chi connectivity index (χ2v) is 14.6. The summed E-state index contributed by atoms with van der Waals surface area (Å²) in [5.74, 6) is -0.602. The van der Waals surface area contributed by atoms with Crippen molar-refractivity contribution in [2.75, 3.05) is 53.1 Å². The van der Waals surface area contributed by atoms with Gasteiger partial charge in [-0.2, -0.15) is 0 Å². The third kappa shape index (κ3) is 10.5. The van der Waals surface area contributed by atoms with E-state index in [1.165, 1.54) is 35.0 Å². The van der Waals surface area contributed by atoms with Gasteiger partial charge in [-0.1, -0.05) is 23.4 Å². The zero-order valence-electron chi connectivity index (χ0n) is 34.6. The minimum absolute atomic E-state index is 0.0753. The first-order valence-corrected chi connectivity index (χ1v) is 20.2. The highest BCUT2D eigenvalue weighted by Crippen LogP contribution is 2.37. The van der Waals surface area contributed by atoms with E-state index >= 15 is 0 Å². The maximum absolute atomic E-state index is 13.7. The number of H-pyrrole nitrogens is 1. The molecular formula is C43H43N9O12. The van der Waals surface area contributed by atoms with E-state index in [9.17, 15) is 39.4 Å². The zero-order valence-corrected chi connectivity index (χ0v) is 34.6. The standard InChI is InChI=1S/C43H43N9O12/c1-61-37-14-12-33(40-39(37)34(24-45-40)41(54)43(56)49-17-15-48(16-18-49)42(55)29-6-3-2-4-7-29)36-13-11-32(64-36)23-44-38(53)27-63-21-19-50-25-30(46-47-50)26-62-20-5-8-28-9-10-31(51(57)58)22-35(28)52(59)60/h2-4,6-7,9-14,22,24-25,45H,5,8,15-21,23,26-27H2,1H3,(H,44,53). The summed E-state index contributed by atoms with van der Waals surface area (Å²) in [6.07, 6.45) is 3.89. The van der Waals surface area contributed by atoms with Gasteiger partial charge in [-0.3, -0.25) is 39.4 Å². The van der Waals surface area contributed by atoms with Crippen molar-refractivity contribution in [1.29, 1.82) is 0 Å². The molecule has 0 spiro atoms. The van der Waals surface area contributed by atoms with Crippen LogP contribution in [0.15, 0.2) is 89.6 Å². The van der Waals surface area contributed by atoms with Crippen molar-refractivity contribution in [3.8, 4) is 17.1 Å². The van der Waals surface area contributed by atoms with E-state index in [0.717, 1.165) is 6.07 Å². The van der Waals surface area contributed by atoms with Crippen LogP contribution in [0.1, 0.15) is 44.2 Å². The Balaban J connectivity index is 0.839. The molecule has 6 aromatic rings. The molecule has 0 atom stereocenters. The number of piperazine rings is 1. The molecule has 1 aliphatic rings. The van der Waals surface area contributed by atoms with Gasteiger partial charge in [-0.15, -0.1) is 5.10 Å². The van der Waals surface area contributed by atoms with E-state index in [-0.39, 0.29) is 74.8 Å². The van der Waals surface area contributed by atoms with Crippen molar-refractivity contribution in [3.05, 3.63) is 134 Å². The molecule has 2 N–H and O–H groups in total. The molecular weight excluding hydrogens is 835 g/mol. The molecule has 1 fully saturated rings. The number of hydrogen-bond donors (Lipinski definition) is 2. The molecule has 3 aromatic heterocycles. The number of aromatic nitrogens is 4. The average Bonchev–Trinajstić information content (AvgIpc) is 4.10. The lowest BCUT2D eigenvalue weighted by Crippen LogP contribution is -2.52. The maximum atomic E-state index is 13.7. The lowest BCUT2D eigenvalue weighted by molar-refractivity contribution is -0.394. The molecule has 4 heterocycles. The SMILES string of the molecule is COc1ccc(-c2ccc(CNC(=O)COCCn3cc(COCCCc4ccc([N+](=O)[O-])cc4[N+](=O)[O-])nn3)o2)c2[nH]cc(C(=O)C(=O)N3CCN(C(=O)c4ccccc4)CC3)c12. The van der Waals surface area contributed by atoms with Crippen molar-refractivity contribution in [3.63, 3.8) is 0 Å². The number of nitro groups is 2. The average molecular weight is 878 g/mol. The number of nitro benzene ring substituents is 2. The summed E-state index contributed by atoms with van der Waals surface area (Å²) in [5, 5.41) is 33.5. The first-order valence-electron chi connectivity index (χ1n) is 20.2. The number of nitrogens with one attached hydrogen (secondary N) is 2. The molecule has 21 nitrogen and oxygen atoms in total. The van der Waals surface area contributed by atoms with Crippen LogP contribution in [0.2, 0.25) is 0 Å². The van der Waals surface area contributed by atoms with Crippen LogP contribution in [-0.4, -0.2) is 116 Å². The summed E-state index contributed by atoms with van der Waals surface area (Å²) in [5.41, 5.74) is 2.10. The topological polar surface area (TPSA) is 260 Å². The molecule has 3 aromatic carbocycles. The van der Waals surface area contributed by atoms with Gasteiger partial charge < -0.3 is 38.7 Å². The number of hydrogen-bond acceptors (Lipinski definition) is 14. The lowest BCUT2D eigenvalue weighted by atomic mass is 10.0. The van der Waals surface area contributed by atoms with Crippen LogP contribution in [0.3, 0.4) is 0 Å². The highest BCUT2D eigenvalue weighted by atomic mass is 16.6. The van der Waals surface area contributed by atoms with Crippen LogP contribution < -0.4 is 10.1 Å². The molecule has 3 amide bonds. The number of carbonyl (C=O) groups excluding carboxylic acids is 4. The molecule has 0 radical (unpaired) electrons. The van der Waals surface area contributed by atoms with E-state index in [4.69, 9.17) is 18.6 Å². The number of amides is 3. The Morgan fingerprint density at radius 2 is 1.69 bits per heavy atom. The summed E-state index contributed by atoms with van der Waals surface area (Å²) in [4.78, 5) is 79.8. The van der Waals surface area contributed by atoms with Gasteiger partial charge in [0.2, 0.25) is 5.91 Å². The summed E-state index contributed by atoms with van der Waals surface area (Å²) in [7, 11) is 1.47. The molecule has 1 aliphatic heterocycles. The molecule has 332 valence electrons. The van der Waals surface area contributed by atoms with Crippen molar-refractivity contribution in [2.45, 2.75) is 32.5 Å². The van der Waals surface area contributed by atoms with E-state index in [0.29, 0.717) is 83.0 Å². The highest BCUT2D eigenvalue weighted by Gasteiger charge is 2.31. The fourth-order valence-electron chi connectivity index (χ4n) is 7.19. The first kappa shape index (κ1) is 44.3. The van der Waals surface area contributed by atoms with Gasteiger partial charge in [0.1, 0.15) is 29.6 Å². The Labute approximate surface area is 364 Å². The number of nitrogens with zero attached hydrogens (tertiary/aromatic N) is 7. The quantitative estimate of drug-likeness (QED) is 0.0352. The van der Waals surface area contributed by atoms with Crippen molar-refractivity contribution >= 4 is 45.8 Å². The summed E-state index contributed by atoms with van der Waals surface area (Å²) in [6, 6.07) is 19.4. The van der Waals surface area contributed by atoms with Gasteiger partial charge in [0, 0.05) is 61.7 Å². The zero-order chi connectivity index (χ0) is 45.2. The van der Waals surface area contributed by atoms with Crippen LogP contribution in [0.25, 0.3) is 22.2 Å². The molecule has 21 heteroatoms. The number of ketones is 1. The highest BCUT2D eigenvalue weighted by molar-refractivity contribution is 6.45. The molecule has 0 aliphatic carbocycles. The fourth-order valence-corrected chi connectivity index (χ4v) is 7.19. The Hall–Kier alpha value is -7.78. The summed E-state index contributed by atoms with van der Waals surface area (Å²) >= 11 is 0. The predicted octanol–water partition coefficient (Wildman–Crippen LogP) is 4.49. The number of rotatable bonds is 20. The number of carbonyl (C=O) groups is 4. The number of fused-ring (bicyclic) bond motifs is 1. The number of aryl methyl sites for hydroxylation is 1. The number of aromatic amines is 1. The van der Waals surface area contributed by atoms with E-state index in [2.05, 4.69) is 20.6 Å². The van der Waals surface area contributed by atoms with Gasteiger partial charge in [-0.25, -0.2) is 4.68 Å². The van der Waals surface area contributed by atoms with Gasteiger partial charge in [0.25, 0.3) is 29.0 Å². The molecule has 64 heavy (non-hydrogen) atoms. The van der Waals surface area contributed by atoms with Gasteiger partial charge in [0.05, 0.1) is 72.0 Å². The second-order valence-electron chi connectivity index (χ2n) is 14.6. The van der Waals surface area contributed by atoms with E-state index in [1.54, 1.807) is 59.6 Å². The summed E-state index contributed by atoms with van der Waals surface area (Å²) < 4.78 is 24.3. The van der Waals surface area contributed by atoms with Crippen LogP contribution in [0.5, 0.6) is 5.75 Å². The number of non-ortho nitro benzene ring substituents is 1. The molecule has 0 unspecified atom stereocenters. The van der Waals surface area contributed by atoms with Gasteiger partial charge in [-0.05, 0) is 55.3 Å². The second kappa shape index (κ2) is 20.4. The van der Waals surface area contributed by atoms with Crippen LogP contribution in [0.4, 0.5) is 11.4 Å². The number of furan rings is 1. The first-order chi connectivity index (χ1) is 31.0. The van der Waals surface area contributed by atoms with E-state index in [1.807, 2.05) is 6.07 Å². The van der Waals surface area contributed by atoms with Crippen molar-refractivity contribution in [1.82, 2.24) is 35.1 Å². The van der Waals surface area contributed by atoms with Gasteiger partial charge >= 0.3 is 0 Å². The molecule has 1 saturated heterocycles. The van der Waals surface area contributed by atoms with E-state index < -0.39 is 21.5 Å². The number of Topliss-reactive ketones (excluding diaryl/α,β-unsaturated/α-hetero) is 1. The van der Waals surface area contributed by atoms with Crippen molar-refractivity contribution < 1.29 is 47.7 Å². The molecule has 7 rings (SSSR count). The summed E-state index contributed by atoms with van der Waals surface area (Å²) in [6.45, 7) is 1.79. The lowest BCUT2D eigenvalue weighted by Gasteiger charge is -2.34. The molecule has 0 bridgehead atoms. The minimum Gasteiger partial charge on any atom is -0.496 e. The van der Waals surface area contributed by atoms with Crippen molar-refractivity contribution in [2.24, 2.45) is 0 Å². The van der Waals surface area contributed by atoms with Crippen LogP contribution in [-0.2, 0) is 45.2 Å². The largest absolute Gasteiger partial charge is 0.496 e. The Morgan fingerprint density at radius 1 is 0.906 bits per heavy atom. The predicted molar refractivity (Wildman–Crippen MR) is 226 cm³/mol. The Morgan fingerprint density at radius 3 is 2.44 bits per heavy atom. The Kier molecular flexibility index (Phi) is 14.1. The Bertz CT molecular complexity index is 2670. The third-order valence-electron chi connectivity index (χ3n) is 10.5. The normalized spacial score (nSPS) is 12.6. The number of benzene rings is 3. The van der Waals surface area contributed by atoms with Crippen LogP contribution in [0, 0.1) is 20.2 Å². The smallest absolute Gasteiger partial charge is 0.295 e. The maximum Gasteiger partial charge on any atom is 0.295 e. The molecule has 0 saturated carbocycles. The minimum atomic E-state index is -0.712. The monoisotopic (exact) mass is 877 g/mol. The number of methoxy groups -OCH3 is 1.